The highest BCUT2D eigenvalue weighted by molar-refractivity contribution is 14.0. The molecule has 1 aromatic carbocycles. The maximum atomic E-state index is 12.4. The van der Waals surface area contributed by atoms with Crippen LogP contribution in [-0.2, 0) is 11.2 Å². The number of hydrogen-bond donors (Lipinski definition) is 2. The average Bonchev–Trinajstić information content (AvgIpc) is 3.15. The number of nitrogens with one attached hydrogen (secondary N) is 2. The molecule has 0 aromatic heterocycles. The Morgan fingerprint density at radius 3 is 2.59 bits per heavy atom. The number of aliphatic imine (C=N–C) groups is 1. The van der Waals surface area contributed by atoms with Gasteiger partial charge in [0.2, 0.25) is 5.91 Å². The zero-order valence-corrected chi connectivity index (χ0v) is 22.2. The molecule has 180 valence electrons. The number of amides is 1. The zero-order valence-electron chi connectivity index (χ0n) is 19.9. The van der Waals surface area contributed by atoms with Crippen molar-refractivity contribution in [3.63, 3.8) is 0 Å². The van der Waals surface area contributed by atoms with E-state index in [0.29, 0.717) is 18.9 Å². The molecular weight excluding hydrogens is 513 g/mol. The van der Waals surface area contributed by atoms with E-state index in [0.717, 1.165) is 57.4 Å². The molecule has 2 aliphatic rings. The summed E-state index contributed by atoms with van der Waals surface area (Å²) in [5, 5.41) is 6.82. The van der Waals surface area contributed by atoms with Crippen LogP contribution in [-0.4, -0.2) is 74.0 Å². The van der Waals surface area contributed by atoms with Crippen molar-refractivity contribution in [2.75, 3.05) is 52.4 Å². The summed E-state index contributed by atoms with van der Waals surface area (Å²) in [4.78, 5) is 21.8. The fraction of sp³-hybridized carbons (Fsp3) is 0.680. The minimum atomic E-state index is 0. The Bertz CT molecular complexity index is 691. The van der Waals surface area contributed by atoms with Crippen LogP contribution in [0.3, 0.4) is 0 Å². The van der Waals surface area contributed by atoms with Crippen molar-refractivity contribution in [3.8, 4) is 0 Å². The molecule has 6 nitrogen and oxygen atoms in total. The van der Waals surface area contributed by atoms with Gasteiger partial charge in [0.1, 0.15) is 0 Å². The molecule has 0 spiro atoms. The van der Waals surface area contributed by atoms with E-state index in [9.17, 15) is 4.79 Å². The predicted molar refractivity (Wildman–Crippen MR) is 144 cm³/mol. The van der Waals surface area contributed by atoms with E-state index in [-0.39, 0.29) is 29.9 Å². The van der Waals surface area contributed by atoms with Gasteiger partial charge in [-0.15, -0.1) is 24.0 Å². The quantitative estimate of drug-likeness (QED) is 0.201. The topological polar surface area (TPSA) is 60.0 Å². The lowest BCUT2D eigenvalue weighted by atomic mass is 9.99. The molecule has 1 aromatic rings. The molecule has 3 rings (SSSR count). The van der Waals surface area contributed by atoms with Gasteiger partial charge in [0, 0.05) is 45.1 Å². The van der Waals surface area contributed by atoms with Crippen LogP contribution in [0.25, 0.3) is 0 Å². The molecule has 7 heteroatoms. The highest BCUT2D eigenvalue weighted by atomic mass is 127. The van der Waals surface area contributed by atoms with E-state index < -0.39 is 0 Å². The van der Waals surface area contributed by atoms with E-state index >= 15 is 0 Å². The summed E-state index contributed by atoms with van der Waals surface area (Å²) < 4.78 is 0. The van der Waals surface area contributed by atoms with Crippen LogP contribution < -0.4 is 10.6 Å². The van der Waals surface area contributed by atoms with Gasteiger partial charge in [-0.1, -0.05) is 37.3 Å². The van der Waals surface area contributed by atoms with Crippen LogP contribution >= 0.6 is 24.0 Å². The van der Waals surface area contributed by atoms with Crippen LogP contribution in [0.2, 0.25) is 0 Å². The molecule has 32 heavy (non-hydrogen) atoms. The Hall–Kier alpha value is -1.35. The number of rotatable bonds is 10. The van der Waals surface area contributed by atoms with Crippen LogP contribution in [0.15, 0.2) is 35.3 Å². The molecule has 0 bridgehead atoms. The van der Waals surface area contributed by atoms with Gasteiger partial charge in [-0.3, -0.25) is 9.79 Å². The third-order valence-corrected chi connectivity index (χ3v) is 6.48. The molecule has 2 N–H and O–H groups in total. The first-order valence-corrected chi connectivity index (χ1v) is 12.2. The number of halogens is 1. The van der Waals surface area contributed by atoms with E-state index in [1.165, 1.54) is 31.5 Å². The molecule has 1 unspecified atom stereocenters. The van der Waals surface area contributed by atoms with Crippen molar-refractivity contribution in [1.82, 2.24) is 20.4 Å². The lowest BCUT2D eigenvalue weighted by molar-refractivity contribution is -0.127. The van der Waals surface area contributed by atoms with Crippen molar-refractivity contribution in [2.24, 2.45) is 16.8 Å². The second kappa shape index (κ2) is 14.7. The molecule has 1 amide bonds. The molecule has 2 heterocycles. The lowest BCUT2D eigenvalue weighted by Gasteiger charge is -2.30. The van der Waals surface area contributed by atoms with Crippen molar-refractivity contribution in [2.45, 2.75) is 46.0 Å². The van der Waals surface area contributed by atoms with Gasteiger partial charge in [-0.25, -0.2) is 0 Å². The van der Waals surface area contributed by atoms with Crippen LogP contribution in [0, 0.1) is 11.8 Å². The first-order valence-electron chi connectivity index (χ1n) is 12.2. The molecule has 2 saturated heterocycles. The number of carbonyl (C=O) groups is 1. The first-order chi connectivity index (χ1) is 15.1. The molecule has 1 atom stereocenters. The third kappa shape index (κ3) is 9.25. The van der Waals surface area contributed by atoms with Gasteiger partial charge in [-0.05, 0) is 63.7 Å². The Labute approximate surface area is 211 Å². The zero-order chi connectivity index (χ0) is 21.9. The van der Waals surface area contributed by atoms with E-state index in [2.05, 4.69) is 53.6 Å². The Balaban J connectivity index is 0.00000363. The second-order valence-corrected chi connectivity index (χ2v) is 9.17. The number of carbonyl (C=O) groups excluding carboxylic acids is 1. The van der Waals surface area contributed by atoms with E-state index in [1.807, 2.05) is 11.0 Å². The summed E-state index contributed by atoms with van der Waals surface area (Å²) >= 11 is 0. The fourth-order valence-electron chi connectivity index (χ4n) is 4.46. The molecule has 2 aliphatic heterocycles. The van der Waals surface area contributed by atoms with Crippen molar-refractivity contribution >= 4 is 35.8 Å². The average molecular weight is 556 g/mol. The summed E-state index contributed by atoms with van der Waals surface area (Å²) in [7, 11) is 0. The molecule has 0 aliphatic carbocycles. The predicted octanol–water partition coefficient (Wildman–Crippen LogP) is 3.37. The smallest absolute Gasteiger partial charge is 0.223 e. The first kappa shape index (κ1) is 26.9. The van der Waals surface area contributed by atoms with Gasteiger partial charge in [0.15, 0.2) is 5.96 Å². The number of likely N-dealkylation sites (tertiary alicyclic amines) is 2. The molecule has 2 fully saturated rings. The largest absolute Gasteiger partial charge is 0.357 e. The monoisotopic (exact) mass is 555 g/mol. The number of piperidine rings is 1. The second-order valence-electron chi connectivity index (χ2n) is 9.17. The van der Waals surface area contributed by atoms with E-state index in [1.54, 1.807) is 0 Å². The van der Waals surface area contributed by atoms with Crippen LogP contribution in [0.1, 0.15) is 45.1 Å². The molecule has 0 saturated carbocycles. The minimum Gasteiger partial charge on any atom is -0.357 e. The summed E-state index contributed by atoms with van der Waals surface area (Å²) in [5.74, 6) is 2.35. The number of benzene rings is 1. The Morgan fingerprint density at radius 1 is 1.12 bits per heavy atom. The SMILES string of the molecule is CCNC(=NCC1CC(=O)N(CCc2ccccc2)C1)NCCCN1CCC(C)CC1.I. The van der Waals surface area contributed by atoms with Gasteiger partial charge in [-0.2, -0.15) is 0 Å². The van der Waals surface area contributed by atoms with Crippen molar-refractivity contribution in [3.05, 3.63) is 35.9 Å². The maximum absolute atomic E-state index is 12.4. The van der Waals surface area contributed by atoms with E-state index in [4.69, 9.17) is 4.99 Å². The summed E-state index contributed by atoms with van der Waals surface area (Å²) in [6, 6.07) is 10.4. The molecule has 0 radical (unpaired) electrons. The van der Waals surface area contributed by atoms with Crippen molar-refractivity contribution in [1.29, 1.82) is 0 Å². The van der Waals surface area contributed by atoms with Gasteiger partial charge >= 0.3 is 0 Å². The van der Waals surface area contributed by atoms with Crippen molar-refractivity contribution < 1.29 is 4.79 Å². The maximum Gasteiger partial charge on any atom is 0.223 e. The minimum absolute atomic E-state index is 0. The standard InChI is InChI=1S/C25H41N5O.HI/c1-3-26-25(27-13-7-14-29-15-10-21(2)11-16-29)28-19-23-18-24(31)30(20-23)17-12-22-8-5-4-6-9-22;/h4-6,8-9,21,23H,3,7,10-20H2,1-2H3,(H2,26,27,28);1H. The Kier molecular flexibility index (Phi) is 12.4. The van der Waals surface area contributed by atoms with Gasteiger partial charge in [0.25, 0.3) is 0 Å². The van der Waals surface area contributed by atoms with Crippen LogP contribution in [0.4, 0.5) is 0 Å². The summed E-state index contributed by atoms with van der Waals surface area (Å²) in [5.41, 5.74) is 1.29. The van der Waals surface area contributed by atoms with Gasteiger partial charge in [0.05, 0.1) is 0 Å². The highest BCUT2D eigenvalue weighted by Gasteiger charge is 2.29. The summed E-state index contributed by atoms with van der Waals surface area (Å²) in [6.07, 6.45) is 5.34. The lowest BCUT2D eigenvalue weighted by Crippen LogP contribution is -2.40. The van der Waals surface area contributed by atoms with Gasteiger partial charge < -0.3 is 20.4 Å². The normalized spacial score (nSPS) is 20.3. The highest BCUT2D eigenvalue weighted by Crippen LogP contribution is 2.19. The fourth-order valence-corrected chi connectivity index (χ4v) is 4.46. The number of nitrogens with zero attached hydrogens (tertiary/aromatic N) is 3. The number of hydrogen-bond acceptors (Lipinski definition) is 3. The van der Waals surface area contributed by atoms with Crippen LogP contribution in [0.5, 0.6) is 0 Å². The third-order valence-electron chi connectivity index (χ3n) is 6.48. The molecular formula is C25H42IN5O. The number of guanidine groups is 1. The summed E-state index contributed by atoms with van der Waals surface area (Å²) in [6.45, 7) is 12.2. The Morgan fingerprint density at radius 2 is 1.88 bits per heavy atom.